The molecule has 2 aliphatic rings. The third-order valence-electron chi connectivity index (χ3n) is 5.65. The van der Waals surface area contributed by atoms with Crippen LogP contribution in [0, 0.1) is 0 Å². The van der Waals surface area contributed by atoms with Crippen LogP contribution in [-0.4, -0.2) is 41.1 Å². The van der Waals surface area contributed by atoms with E-state index in [1.165, 1.54) is 0 Å². The summed E-state index contributed by atoms with van der Waals surface area (Å²) in [5.74, 6) is -2.22. The van der Waals surface area contributed by atoms with E-state index < -0.39 is 17.7 Å². The van der Waals surface area contributed by atoms with E-state index >= 15 is 0 Å². The van der Waals surface area contributed by atoms with E-state index in [0.717, 1.165) is 50.1 Å². The quantitative estimate of drug-likeness (QED) is 0.673. The molecule has 2 aromatic rings. The van der Waals surface area contributed by atoms with E-state index in [2.05, 4.69) is 23.9 Å². The fraction of sp³-hybridized carbons (Fsp3) is 0.435. The van der Waals surface area contributed by atoms with Gasteiger partial charge in [-0.2, -0.15) is 0 Å². The number of esters is 2. The third kappa shape index (κ3) is 3.54. The highest BCUT2D eigenvalue weighted by atomic mass is 16.7. The first kappa shape index (κ1) is 20.3. The molecule has 0 bridgehead atoms. The Balaban J connectivity index is 1.94. The average Bonchev–Trinajstić information content (AvgIpc) is 3.22. The predicted molar refractivity (Wildman–Crippen MR) is 109 cm³/mol. The molecule has 0 saturated carbocycles. The molecule has 2 heterocycles. The first-order valence-electron chi connectivity index (χ1n) is 10.5. The number of carbonyl (C=O) groups is 2. The van der Waals surface area contributed by atoms with Crippen molar-refractivity contribution in [1.29, 1.82) is 0 Å². The molecule has 30 heavy (non-hydrogen) atoms. The van der Waals surface area contributed by atoms with Crippen molar-refractivity contribution in [2.45, 2.75) is 51.4 Å². The molecule has 7 heteroatoms. The number of hydrogen-bond acceptors (Lipinski definition) is 7. The third-order valence-corrected chi connectivity index (χ3v) is 5.65. The highest BCUT2D eigenvalue weighted by Crippen LogP contribution is 2.47. The van der Waals surface area contributed by atoms with Crippen molar-refractivity contribution < 1.29 is 23.6 Å². The van der Waals surface area contributed by atoms with E-state index in [1.54, 1.807) is 12.3 Å². The monoisotopic (exact) mass is 410 g/mol. The SMILES string of the molecule is CCCN(CCC)C1CCc2cccc(-c3ccno3)c2C12OC(=O)C=CC(=O)O2. The molecule has 0 fully saturated rings. The van der Waals surface area contributed by atoms with Crippen LogP contribution in [0.5, 0.6) is 0 Å². The van der Waals surface area contributed by atoms with Gasteiger partial charge in [0.05, 0.1) is 17.8 Å². The van der Waals surface area contributed by atoms with Crippen LogP contribution in [0.4, 0.5) is 0 Å². The van der Waals surface area contributed by atoms with Crippen molar-refractivity contribution in [2.75, 3.05) is 13.1 Å². The Morgan fingerprint density at radius 1 is 1.07 bits per heavy atom. The molecule has 0 N–H and O–H groups in total. The number of benzene rings is 1. The molecule has 7 nitrogen and oxygen atoms in total. The minimum Gasteiger partial charge on any atom is -0.413 e. The summed E-state index contributed by atoms with van der Waals surface area (Å²) in [5, 5.41) is 3.83. The van der Waals surface area contributed by atoms with Crippen molar-refractivity contribution in [3.05, 3.63) is 53.7 Å². The van der Waals surface area contributed by atoms with Crippen LogP contribution in [0.1, 0.15) is 44.2 Å². The molecule has 1 atom stereocenters. The van der Waals surface area contributed by atoms with Gasteiger partial charge < -0.3 is 14.0 Å². The molecule has 1 aromatic carbocycles. The lowest BCUT2D eigenvalue weighted by Crippen LogP contribution is -2.57. The fourth-order valence-electron chi connectivity index (χ4n) is 4.61. The van der Waals surface area contributed by atoms with Crippen LogP contribution in [0.25, 0.3) is 11.3 Å². The molecular weight excluding hydrogens is 384 g/mol. The number of nitrogens with zero attached hydrogens (tertiary/aromatic N) is 2. The van der Waals surface area contributed by atoms with Crippen LogP contribution in [-0.2, 0) is 31.3 Å². The van der Waals surface area contributed by atoms with Crippen molar-refractivity contribution >= 4 is 11.9 Å². The van der Waals surface area contributed by atoms with E-state index in [-0.39, 0.29) is 6.04 Å². The van der Waals surface area contributed by atoms with E-state index in [4.69, 9.17) is 14.0 Å². The smallest absolute Gasteiger partial charge is 0.334 e. The second-order valence-corrected chi connectivity index (χ2v) is 7.65. The topological polar surface area (TPSA) is 81.9 Å². The van der Waals surface area contributed by atoms with Crippen molar-refractivity contribution in [3.63, 3.8) is 0 Å². The van der Waals surface area contributed by atoms with Crippen LogP contribution >= 0.6 is 0 Å². The van der Waals surface area contributed by atoms with E-state index in [1.807, 2.05) is 18.2 Å². The summed E-state index contributed by atoms with van der Waals surface area (Å²) in [6.07, 6.45) is 7.16. The summed E-state index contributed by atoms with van der Waals surface area (Å²) in [6, 6.07) is 7.24. The van der Waals surface area contributed by atoms with Crippen molar-refractivity contribution in [2.24, 2.45) is 0 Å². The molecule has 1 aromatic heterocycles. The van der Waals surface area contributed by atoms with Gasteiger partial charge in [-0.3, -0.25) is 4.90 Å². The number of aryl methyl sites for hydroxylation is 1. The Morgan fingerprint density at radius 3 is 2.37 bits per heavy atom. The maximum Gasteiger partial charge on any atom is 0.334 e. The number of fused-ring (bicyclic) bond motifs is 2. The molecule has 1 spiro atoms. The lowest BCUT2D eigenvalue weighted by atomic mass is 9.78. The first-order valence-corrected chi connectivity index (χ1v) is 10.5. The van der Waals surface area contributed by atoms with Gasteiger partial charge in [0.2, 0.25) is 0 Å². The summed E-state index contributed by atoms with van der Waals surface area (Å²) in [6.45, 7) is 5.84. The fourth-order valence-corrected chi connectivity index (χ4v) is 4.61. The largest absolute Gasteiger partial charge is 0.413 e. The molecule has 0 amide bonds. The zero-order valence-electron chi connectivity index (χ0n) is 17.3. The maximum absolute atomic E-state index is 12.6. The molecule has 0 saturated heterocycles. The standard InChI is InChI=1S/C23H26N2O5/c1-3-14-25(15-4-2)19-9-8-16-6-5-7-17(18-12-13-24-30-18)22(16)23(19)28-20(26)10-11-21(27)29-23/h5-7,10-13,19H,3-4,8-9,14-15H2,1-2H3. The Morgan fingerprint density at radius 2 is 1.77 bits per heavy atom. The molecule has 158 valence electrons. The second-order valence-electron chi connectivity index (χ2n) is 7.65. The molecule has 1 aliphatic heterocycles. The minimum absolute atomic E-state index is 0.304. The number of aromatic nitrogens is 1. The average molecular weight is 410 g/mol. The van der Waals surface area contributed by atoms with Crippen LogP contribution in [0.2, 0.25) is 0 Å². The Labute approximate surface area is 175 Å². The van der Waals surface area contributed by atoms with E-state index in [0.29, 0.717) is 23.3 Å². The van der Waals surface area contributed by atoms with Gasteiger partial charge in [-0.15, -0.1) is 0 Å². The van der Waals surface area contributed by atoms with Gasteiger partial charge in [0.15, 0.2) is 5.76 Å². The van der Waals surface area contributed by atoms with E-state index in [9.17, 15) is 9.59 Å². The van der Waals surface area contributed by atoms with Crippen LogP contribution in [0.3, 0.4) is 0 Å². The number of ether oxygens (including phenoxy) is 2. The van der Waals surface area contributed by atoms with Gasteiger partial charge in [0.25, 0.3) is 0 Å². The van der Waals surface area contributed by atoms with Gasteiger partial charge in [0.1, 0.15) is 0 Å². The number of rotatable bonds is 6. The molecule has 0 radical (unpaired) electrons. The second kappa shape index (κ2) is 8.44. The summed E-state index contributed by atoms with van der Waals surface area (Å²) >= 11 is 0. The molecule has 4 rings (SSSR count). The van der Waals surface area contributed by atoms with Gasteiger partial charge in [0, 0.05) is 23.8 Å². The maximum atomic E-state index is 12.6. The van der Waals surface area contributed by atoms with Gasteiger partial charge in [-0.1, -0.05) is 37.2 Å². The highest BCUT2D eigenvalue weighted by molar-refractivity contribution is 5.94. The lowest BCUT2D eigenvalue weighted by molar-refractivity contribution is -0.254. The summed E-state index contributed by atoms with van der Waals surface area (Å²) < 4.78 is 17.4. The first-order chi connectivity index (χ1) is 14.6. The summed E-state index contributed by atoms with van der Waals surface area (Å²) in [7, 11) is 0. The number of hydrogen-bond donors (Lipinski definition) is 0. The Hall–Kier alpha value is -2.93. The zero-order chi connectivity index (χ0) is 21.1. The minimum atomic E-state index is -1.56. The Kier molecular flexibility index (Phi) is 5.72. The molecular formula is C23H26N2O5. The summed E-state index contributed by atoms with van der Waals surface area (Å²) in [5.41, 5.74) is 2.35. The lowest BCUT2D eigenvalue weighted by Gasteiger charge is -2.47. The van der Waals surface area contributed by atoms with Crippen LogP contribution < -0.4 is 0 Å². The van der Waals surface area contributed by atoms with Crippen LogP contribution in [0.15, 0.2) is 47.1 Å². The van der Waals surface area contributed by atoms with Gasteiger partial charge >= 0.3 is 17.7 Å². The van der Waals surface area contributed by atoms with Gasteiger partial charge in [-0.05, 0) is 44.3 Å². The molecule has 1 aliphatic carbocycles. The zero-order valence-corrected chi connectivity index (χ0v) is 17.3. The summed E-state index contributed by atoms with van der Waals surface area (Å²) in [4.78, 5) is 27.5. The normalized spacial score (nSPS) is 20.0. The number of carbonyl (C=O) groups excluding carboxylic acids is 2. The predicted octanol–water partition coefficient (Wildman–Crippen LogP) is 3.59. The van der Waals surface area contributed by atoms with Crippen molar-refractivity contribution in [1.82, 2.24) is 10.1 Å². The molecule has 1 unspecified atom stereocenters. The van der Waals surface area contributed by atoms with Gasteiger partial charge in [-0.25, -0.2) is 9.59 Å². The van der Waals surface area contributed by atoms with Crippen molar-refractivity contribution in [3.8, 4) is 11.3 Å². The highest BCUT2D eigenvalue weighted by Gasteiger charge is 2.55. The Bertz CT molecular complexity index is 925.